The number of anilines is 1. The van der Waals surface area contributed by atoms with Gasteiger partial charge in [-0.25, -0.2) is 18.1 Å². The number of hydrogen-bond donors (Lipinski definition) is 1. The zero-order valence-corrected chi connectivity index (χ0v) is 12.8. The summed E-state index contributed by atoms with van der Waals surface area (Å²) in [5.74, 6) is 0.891. The molecule has 1 aromatic carbocycles. The molecule has 3 rings (SSSR count). The average molecular weight is 315 g/mol. The molecule has 0 aliphatic carbocycles. The molecule has 7 nitrogen and oxygen atoms in total. The lowest BCUT2D eigenvalue weighted by Gasteiger charge is -2.08. The van der Waals surface area contributed by atoms with Gasteiger partial charge in [0.1, 0.15) is 16.5 Å². The quantitative estimate of drug-likeness (QED) is 0.792. The molecule has 112 valence electrons. The van der Waals surface area contributed by atoms with E-state index in [1.54, 1.807) is 26.0 Å². The van der Waals surface area contributed by atoms with E-state index in [4.69, 9.17) is 0 Å². The number of para-hydroxylation sites is 1. The van der Waals surface area contributed by atoms with E-state index in [-0.39, 0.29) is 10.8 Å². The largest absolute Gasteiger partial charge is 0.265 e. The van der Waals surface area contributed by atoms with E-state index in [1.165, 1.54) is 6.20 Å². The Balaban J connectivity index is 2.00. The minimum absolute atomic E-state index is 0.00170. The van der Waals surface area contributed by atoms with Crippen molar-refractivity contribution in [2.24, 2.45) is 0 Å². The molecule has 0 unspecified atom stereocenters. The lowest BCUT2D eigenvalue weighted by Crippen LogP contribution is -2.16. The van der Waals surface area contributed by atoms with Gasteiger partial charge in [0, 0.05) is 11.6 Å². The molecule has 0 fully saturated rings. The minimum Gasteiger partial charge on any atom is -0.255 e. The van der Waals surface area contributed by atoms with Crippen LogP contribution in [0.15, 0.2) is 41.4 Å². The first-order valence-corrected chi connectivity index (χ1v) is 7.99. The molecule has 0 radical (unpaired) electrons. The maximum absolute atomic E-state index is 12.4. The van der Waals surface area contributed by atoms with Crippen LogP contribution < -0.4 is 4.72 Å². The third-order valence-corrected chi connectivity index (χ3v) is 4.26. The van der Waals surface area contributed by atoms with Crippen molar-refractivity contribution in [2.75, 3.05) is 4.72 Å². The maximum Gasteiger partial charge on any atom is 0.265 e. The number of hydrogen-bond acceptors (Lipinski definition) is 6. The number of sulfonamides is 1. The van der Waals surface area contributed by atoms with Crippen molar-refractivity contribution in [3.05, 3.63) is 48.2 Å². The first-order valence-electron chi connectivity index (χ1n) is 6.51. The van der Waals surface area contributed by atoms with Gasteiger partial charge in [-0.1, -0.05) is 18.2 Å². The van der Waals surface area contributed by atoms with Crippen molar-refractivity contribution in [3.8, 4) is 0 Å². The second-order valence-corrected chi connectivity index (χ2v) is 6.41. The summed E-state index contributed by atoms with van der Waals surface area (Å²) in [6, 6.07) is 8.85. The average Bonchev–Trinajstić information content (AvgIpc) is 2.45. The predicted molar refractivity (Wildman–Crippen MR) is 81.9 cm³/mol. The lowest BCUT2D eigenvalue weighted by molar-refractivity contribution is 0.600. The molecule has 22 heavy (non-hydrogen) atoms. The Bertz CT molecular complexity index is 936. The number of fused-ring (bicyclic) bond motifs is 1. The topological polar surface area (TPSA) is 97.7 Å². The molecule has 2 aromatic heterocycles. The third-order valence-electron chi connectivity index (χ3n) is 2.96. The third kappa shape index (κ3) is 2.86. The van der Waals surface area contributed by atoms with Gasteiger partial charge in [-0.15, -0.1) is 0 Å². The standard InChI is InChI=1S/C14H13N5O2S/c1-9-16-10(2)18-14(17-9)19-22(20,21)12-7-11-5-3-4-6-13(11)15-8-12/h3-8H,1-2H3,(H,16,17,18,19). The molecular weight excluding hydrogens is 302 g/mol. The molecule has 0 spiro atoms. The molecule has 0 saturated heterocycles. The molecule has 2 heterocycles. The maximum atomic E-state index is 12.4. The van der Waals surface area contributed by atoms with Crippen LogP contribution in [0.4, 0.5) is 5.95 Å². The number of rotatable bonds is 3. The fraction of sp³-hybridized carbons (Fsp3) is 0.143. The van der Waals surface area contributed by atoms with Gasteiger partial charge < -0.3 is 0 Å². The highest BCUT2D eigenvalue weighted by Crippen LogP contribution is 2.18. The van der Waals surface area contributed by atoms with Gasteiger partial charge >= 0.3 is 0 Å². The predicted octanol–water partition coefficient (Wildman–Crippen LogP) is 1.84. The van der Waals surface area contributed by atoms with Crippen LogP contribution in [0.5, 0.6) is 0 Å². The highest BCUT2D eigenvalue weighted by molar-refractivity contribution is 7.92. The molecule has 0 atom stereocenters. The fourth-order valence-corrected chi connectivity index (χ4v) is 2.96. The van der Waals surface area contributed by atoms with Gasteiger partial charge in [0.15, 0.2) is 0 Å². The van der Waals surface area contributed by atoms with E-state index < -0.39 is 10.0 Å². The van der Waals surface area contributed by atoms with Gasteiger partial charge in [0.2, 0.25) is 5.95 Å². The molecule has 0 bridgehead atoms. The Morgan fingerprint density at radius 2 is 1.68 bits per heavy atom. The molecule has 0 aliphatic heterocycles. The zero-order valence-electron chi connectivity index (χ0n) is 12.0. The number of nitrogens with zero attached hydrogens (tertiary/aromatic N) is 4. The smallest absolute Gasteiger partial charge is 0.255 e. The summed E-state index contributed by atoms with van der Waals surface area (Å²) in [6.45, 7) is 3.34. The Labute approximate surface area is 127 Å². The van der Waals surface area contributed by atoms with Crippen molar-refractivity contribution in [2.45, 2.75) is 18.7 Å². The van der Waals surface area contributed by atoms with E-state index in [1.807, 2.05) is 18.2 Å². The van der Waals surface area contributed by atoms with Crippen molar-refractivity contribution in [1.29, 1.82) is 0 Å². The van der Waals surface area contributed by atoms with Crippen LogP contribution in [0.3, 0.4) is 0 Å². The summed E-state index contributed by atoms with van der Waals surface area (Å²) in [5.41, 5.74) is 0.730. The first kappa shape index (κ1) is 14.3. The van der Waals surface area contributed by atoms with Crippen LogP contribution in [0.2, 0.25) is 0 Å². The molecule has 8 heteroatoms. The summed E-state index contributed by atoms with van der Waals surface area (Å²) in [5, 5.41) is 0.744. The second kappa shape index (κ2) is 5.30. The highest BCUT2D eigenvalue weighted by Gasteiger charge is 2.17. The van der Waals surface area contributed by atoms with Gasteiger partial charge in [-0.3, -0.25) is 4.98 Å². The fourth-order valence-electron chi connectivity index (χ4n) is 2.04. The second-order valence-electron chi connectivity index (χ2n) is 4.72. The first-order chi connectivity index (χ1) is 10.4. The lowest BCUT2D eigenvalue weighted by atomic mass is 10.2. The molecule has 0 aliphatic rings. The molecule has 1 N–H and O–H groups in total. The number of aryl methyl sites for hydroxylation is 2. The van der Waals surface area contributed by atoms with E-state index >= 15 is 0 Å². The van der Waals surface area contributed by atoms with Gasteiger partial charge in [0.05, 0.1) is 5.52 Å². The molecular formula is C14H13N5O2S. The van der Waals surface area contributed by atoms with Crippen molar-refractivity contribution in [3.63, 3.8) is 0 Å². The highest BCUT2D eigenvalue weighted by atomic mass is 32.2. The van der Waals surface area contributed by atoms with Gasteiger partial charge in [0.25, 0.3) is 10.0 Å². The van der Waals surface area contributed by atoms with E-state index in [9.17, 15) is 8.42 Å². The number of nitrogens with one attached hydrogen (secondary N) is 1. The minimum atomic E-state index is -3.80. The summed E-state index contributed by atoms with van der Waals surface area (Å²) >= 11 is 0. The summed E-state index contributed by atoms with van der Waals surface area (Å²) < 4.78 is 27.2. The van der Waals surface area contributed by atoms with Gasteiger partial charge in [-0.2, -0.15) is 9.97 Å². The van der Waals surface area contributed by atoms with Crippen LogP contribution in [-0.4, -0.2) is 28.4 Å². The zero-order chi connectivity index (χ0) is 15.7. The number of aromatic nitrogens is 4. The molecule has 0 saturated carbocycles. The van der Waals surface area contributed by atoms with Gasteiger partial charge in [-0.05, 0) is 26.0 Å². The summed E-state index contributed by atoms with van der Waals surface area (Å²) in [7, 11) is -3.80. The van der Waals surface area contributed by atoms with E-state index in [0.29, 0.717) is 11.6 Å². The summed E-state index contributed by atoms with van der Waals surface area (Å²) in [6.07, 6.45) is 1.31. The Hall–Kier alpha value is -2.61. The summed E-state index contributed by atoms with van der Waals surface area (Å²) in [4.78, 5) is 16.2. The van der Waals surface area contributed by atoms with Crippen LogP contribution in [-0.2, 0) is 10.0 Å². The number of pyridine rings is 1. The van der Waals surface area contributed by atoms with Crippen LogP contribution in [0.25, 0.3) is 10.9 Å². The SMILES string of the molecule is Cc1nc(C)nc(NS(=O)(=O)c2cnc3ccccc3c2)n1. The molecule has 3 aromatic rings. The monoisotopic (exact) mass is 315 g/mol. The molecule has 0 amide bonds. The Morgan fingerprint density at radius 3 is 2.41 bits per heavy atom. The van der Waals surface area contributed by atoms with Crippen molar-refractivity contribution >= 4 is 26.9 Å². The Kier molecular flexibility index (Phi) is 3.45. The van der Waals surface area contributed by atoms with E-state index in [0.717, 1.165) is 10.9 Å². The van der Waals surface area contributed by atoms with Crippen LogP contribution in [0, 0.1) is 13.8 Å². The normalized spacial score (nSPS) is 11.5. The number of benzene rings is 1. The van der Waals surface area contributed by atoms with Crippen LogP contribution >= 0.6 is 0 Å². The van der Waals surface area contributed by atoms with Crippen LogP contribution in [0.1, 0.15) is 11.6 Å². The Morgan fingerprint density at radius 1 is 1.00 bits per heavy atom. The van der Waals surface area contributed by atoms with E-state index in [2.05, 4.69) is 24.7 Å². The van der Waals surface area contributed by atoms with Crippen molar-refractivity contribution < 1.29 is 8.42 Å². The van der Waals surface area contributed by atoms with Crippen molar-refractivity contribution in [1.82, 2.24) is 19.9 Å².